The fourth-order valence-corrected chi connectivity index (χ4v) is 4.32. The maximum absolute atomic E-state index is 12.4. The minimum Gasteiger partial charge on any atom is -0.396 e. The van der Waals surface area contributed by atoms with Crippen molar-refractivity contribution in [2.24, 2.45) is 0 Å². The average molecular weight is 321 g/mol. The first-order valence-corrected chi connectivity index (χ1v) is 8.96. The second-order valence-electron chi connectivity index (χ2n) is 5.86. The lowest BCUT2D eigenvalue weighted by Gasteiger charge is -2.09. The summed E-state index contributed by atoms with van der Waals surface area (Å²) < 4.78 is 0. The number of fused-ring (bicyclic) bond motifs is 3. The number of aromatic nitrogens is 2. The van der Waals surface area contributed by atoms with Crippen LogP contribution in [-0.4, -0.2) is 28.2 Å². The molecule has 2 aromatic heterocycles. The van der Waals surface area contributed by atoms with E-state index in [9.17, 15) is 4.79 Å². The van der Waals surface area contributed by atoms with Gasteiger partial charge in [-0.3, -0.25) is 4.79 Å². The number of aryl methyl sites for hydroxylation is 2. The maximum Gasteiger partial charge on any atom is 0.259 e. The Kier molecular flexibility index (Phi) is 5.23. The zero-order valence-electron chi connectivity index (χ0n) is 12.8. The van der Waals surface area contributed by atoms with E-state index in [1.165, 1.54) is 23.3 Å². The Hall–Kier alpha value is -1.24. The van der Waals surface area contributed by atoms with Gasteiger partial charge in [0, 0.05) is 11.5 Å². The van der Waals surface area contributed by atoms with E-state index in [-0.39, 0.29) is 12.2 Å². The van der Waals surface area contributed by atoms with Gasteiger partial charge >= 0.3 is 0 Å². The molecule has 5 nitrogen and oxygen atoms in total. The highest BCUT2D eigenvalue weighted by Gasteiger charge is 2.19. The van der Waals surface area contributed by atoms with Crippen LogP contribution in [0.15, 0.2) is 4.79 Å². The molecular weight excluding hydrogens is 298 g/mol. The summed E-state index contributed by atoms with van der Waals surface area (Å²) in [4.78, 5) is 22.2. The molecule has 0 saturated heterocycles. The molecule has 0 fully saturated rings. The number of unbranched alkanes of at least 4 members (excludes halogenated alkanes) is 2. The topological polar surface area (TPSA) is 78.0 Å². The van der Waals surface area contributed by atoms with Gasteiger partial charge in [0.05, 0.1) is 11.9 Å². The normalized spacial score (nSPS) is 14.4. The number of aliphatic hydroxyl groups is 1. The van der Waals surface area contributed by atoms with E-state index in [1.807, 2.05) is 0 Å². The largest absolute Gasteiger partial charge is 0.396 e. The summed E-state index contributed by atoms with van der Waals surface area (Å²) in [6, 6.07) is 0. The molecule has 0 unspecified atom stereocenters. The SMILES string of the molecule is O=c1[nH]c(CNCCCCCO)nc2sc3c(c12)CCCC3. The molecule has 0 radical (unpaired) electrons. The number of rotatable bonds is 7. The molecule has 3 N–H and O–H groups in total. The van der Waals surface area contributed by atoms with Gasteiger partial charge in [-0.05, 0) is 57.1 Å². The summed E-state index contributed by atoms with van der Waals surface area (Å²) >= 11 is 1.69. The Morgan fingerprint density at radius 1 is 1.23 bits per heavy atom. The highest BCUT2D eigenvalue weighted by Crippen LogP contribution is 2.33. The van der Waals surface area contributed by atoms with E-state index in [0.29, 0.717) is 6.54 Å². The molecule has 1 aliphatic rings. The van der Waals surface area contributed by atoms with E-state index in [0.717, 1.165) is 54.7 Å². The van der Waals surface area contributed by atoms with Crippen LogP contribution in [0, 0.1) is 0 Å². The highest BCUT2D eigenvalue weighted by atomic mass is 32.1. The Morgan fingerprint density at radius 2 is 2.09 bits per heavy atom. The van der Waals surface area contributed by atoms with Crippen LogP contribution >= 0.6 is 11.3 Å². The van der Waals surface area contributed by atoms with Crippen molar-refractivity contribution in [3.05, 3.63) is 26.6 Å². The lowest BCUT2D eigenvalue weighted by molar-refractivity contribution is 0.283. The molecule has 0 atom stereocenters. The van der Waals surface area contributed by atoms with Crippen LogP contribution in [0.1, 0.15) is 48.4 Å². The third-order valence-corrected chi connectivity index (χ3v) is 5.36. The van der Waals surface area contributed by atoms with Crippen molar-refractivity contribution in [1.82, 2.24) is 15.3 Å². The number of hydrogen-bond donors (Lipinski definition) is 3. The fourth-order valence-electron chi connectivity index (χ4n) is 3.04. The molecule has 3 rings (SSSR count). The third-order valence-electron chi connectivity index (χ3n) is 4.18. The molecule has 1 aliphatic carbocycles. The van der Waals surface area contributed by atoms with E-state index in [1.54, 1.807) is 11.3 Å². The van der Waals surface area contributed by atoms with Gasteiger partial charge in [0.15, 0.2) is 0 Å². The molecule has 0 amide bonds. The van der Waals surface area contributed by atoms with Gasteiger partial charge in [-0.1, -0.05) is 0 Å². The van der Waals surface area contributed by atoms with Gasteiger partial charge < -0.3 is 15.4 Å². The zero-order chi connectivity index (χ0) is 15.4. The van der Waals surface area contributed by atoms with Crippen LogP contribution in [0.2, 0.25) is 0 Å². The Balaban J connectivity index is 1.69. The summed E-state index contributed by atoms with van der Waals surface area (Å²) in [5, 5.41) is 12.9. The Bertz CT molecular complexity index is 692. The first-order valence-electron chi connectivity index (χ1n) is 8.14. The number of H-pyrrole nitrogens is 1. The minimum absolute atomic E-state index is 0.0153. The Morgan fingerprint density at radius 3 is 2.95 bits per heavy atom. The molecule has 0 aromatic carbocycles. The lowest BCUT2D eigenvalue weighted by Crippen LogP contribution is -2.20. The van der Waals surface area contributed by atoms with Gasteiger partial charge in [0.2, 0.25) is 0 Å². The predicted molar refractivity (Wildman–Crippen MR) is 89.5 cm³/mol. The second-order valence-corrected chi connectivity index (χ2v) is 6.95. The fraction of sp³-hybridized carbons (Fsp3) is 0.625. The smallest absolute Gasteiger partial charge is 0.259 e. The molecule has 22 heavy (non-hydrogen) atoms. The summed E-state index contributed by atoms with van der Waals surface area (Å²) in [7, 11) is 0. The number of aliphatic hydroxyl groups excluding tert-OH is 1. The molecule has 0 bridgehead atoms. The van der Waals surface area contributed by atoms with Crippen LogP contribution in [0.25, 0.3) is 10.2 Å². The molecule has 6 heteroatoms. The monoisotopic (exact) mass is 321 g/mol. The van der Waals surface area contributed by atoms with Crippen molar-refractivity contribution in [1.29, 1.82) is 0 Å². The highest BCUT2D eigenvalue weighted by molar-refractivity contribution is 7.18. The number of aromatic amines is 1. The molecule has 120 valence electrons. The van der Waals surface area contributed by atoms with Crippen LogP contribution in [0.3, 0.4) is 0 Å². The zero-order valence-corrected chi connectivity index (χ0v) is 13.6. The summed E-state index contributed by atoms with van der Waals surface area (Å²) in [6.07, 6.45) is 7.40. The number of nitrogens with zero attached hydrogens (tertiary/aromatic N) is 1. The summed E-state index contributed by atoms with van der Waals surface area (Å²) in [5.41, 5.74) is 1.25. The van der Waals surface area contributed by atoms with E-state index in [4.69, 9.17) is 5.11 Å². The van der Waals surface area contributed by atoms with E-state index in [2.05, 4.69) is 15.3 Å². The first-order chi connectivity index (χ1) is 10.8. The summed E-state index contributed by atoms with van der Waals surface area (Å²) in [5.74, 6) is 0.721. The van der Waals surface area contributed by atoms with Crippen LogP contribution < -0.4 is 10.9 Å². The van der Waals surface area contributed by atoms with Gasteiger partial charge in [0.25, 0.3) is 5.56 Å². The standard InChI is InChI=1S/C16H23N3O2S/c20-9-5-1-4-8-17-10-13-18-15(21)14-11-6-2-3-7-12(11)22-16(14)19-13/h17,20H,1-10H2,(H,18,19,21). The number of nitrogens with one attached hydrogen (secondary N) is 2. The van der Waals surface area contributed by atoms with Crippen LogP contribution in [0.5, 0.6) is 0 Å². The van der Waals surface area contributed by atoms with Gasteiger partial charge in [-0.2, -0.15) is 0 Å². The molecule has 0 spiro atoms. The average Bonchev–Trinajstić information content (AvgIpc) is 2.89. The summed E-state index contributed by atoms with van der Waals surface area (Å²) in [6.45, 7) is 1.73. The molecular formula is C16H23N3O2S. The molecule has 2 aromatic rings. The first kappa shape index (κ1) is 15.6. The quantitative estimate of drug-likeness (QED) is 0.683. The predicted octanol–water partition coefficient (Wildman–Crippen LogP) is 2.12. The van der Waals surface area contributed by atoms with Crippen molar-refractivity contribution in [3.63, 3.8) is 0 Å². The van der Waals surface area contributed by atoms with Gasteiger partial charge in [0.1, 0.15) is 10.7 Å². The third kappa shape index (κ3) is 3.39. The van der Waals surface area contributed by atoms with E-state index < -0.39 is 0 Å². The van der Waals surface area contributed by atoms with Gasteiger partial charge in [-0.15, -0.1) is 11.3 Å². The lowest BCUT2D eigenvalue weighted by atomic mass is 9.97. The molecule has 2 heterocycles. The Labute approximate surface area is 133 Å². The van der Waals surface area contributed by atoms with Crippen molar-refractivity contribution >= 4 is 21.6 Å². The number of hydrogen-bond acceptors (Lipinski definition) is 5. The second kappa shape index (κ2) is 7.35. The number of thiophene rings is 1. The van der Waals surface area contributed by atoms with Crippen molar-refractivity contribution < 1.29 is 5.11 Å². The van der Waals surface area contributed by atoms with Gasteiger partial charge in [-0.25, -0.2) is 4.98 Å². The minimum atomic E-state index is 0.0153. The van der Waals surface area contributed by atoms with Crippen LogP contribution in [0.4, 0.5) is 0 Å². The van der Waals surface area contributed by atoms with Crippen molar-refractivity contribution in [2.75, 3.05) is 13.2 Å². The maximum atomic E-state index is 12.4. The van der Waals surface area contributed by atoms with Crippen LogP contribution in [-0.2, 0) is 19.4 Å². The van der Waals surface area contributed by atoms with Crippen molar-refractivity contribution in [2.45, 2.75) is 51.5 Å². The van der Waals surface area contributed by atoms with Crippen molar-refractivity contribution in [3.8, 4) is 0 Å². The molecule has 0 saturated carbocycles. The van der Waals surface area contributed by atoms with E-state index >= 15 is 0 Å². The molecule has 0 aliphatic heterocycles.